The SMILES string of the molecule is CC1(C)CC(=O)c2c(oc3ccc(NS(=O)(=O)c4ccc(Cl)c([N+](=O)[O-])c4)cc23)C1. The Morgan fingerprint density at radius 2 is 1.90 bits per heavy atom. The van der Waals surface area contributed by atoms with Gasteiger partial charge in [-0.15, -0.1) is 0 Å². The van der Waals surface area contributed by atoms with Crippen molar-refractivity contribution in [3.8, 4) is 0 Å². The van der Waals surface area contributed by atoms with Crippen LogP contribution in [0.15, 0.2) is 45.7 Å². The first-order chi connectivity index (χ1) is 14.0. The van der Waals surface area contributed by atoms with Crippen LogP contribution < -0.4 is 4.72 Å². The van der Waals surface area contributed by atoms with Crippen molar-refractivity contribution in [2.45, 2.75) is 31.6 Å². The fourth-order valence-corrected chi connectivity index (χ4v) is 4.93. The van der Waals surface area contributed by atoms with Gasteiger partial charge in [-0.1, -0.05) is 25.4 Å². The zero-order valence-corrected chi connectivity index (χ0v) is 17.6. The molecule has 0 fully saturated rings. The van der Waals surface area contributed by atoms with Gasteiger partial charge >= 0.3 is 0 Å². The lowest BCUT2D eigenvalue weighted by Gasteiger charge is -2.27. The number of benzene rings is 2. The molecule has 8 nitrogen and oxygen atoms in total. The molecule has 0 radical (unpaired) electrons. The highest BCUT2D eigenvalue weighted by atomic mass is 35.5. The van der Waals surface area contributed by atoms with Gasteiger partial charge in [0.05, 0.1) is 15.4 Å². The van der Waals surface area contributed by atoms with E-state index in [1.807, 2.05) is 13.8 Å². The molecule has 3 aromatic rings. The smallest absolute Gasteiger partial charge is 0.289 e. The van der Waals surface area contributed by atoms with Crippen molar-refractivity contribution in [2.75, 3.05) is 4.72 Å². The molecule has 0 unspecified atom stereocenters. The number of fused-ring (bicyclic) bond motifs is 3. The van der Waals surface area contributed by atoms with Gasteiger partial charge in [0.25, 0.3) is 15.7 Å². The second-order valence-electron chi connectivity index (χ2n) is 8.03. The second-order valence-corrected chi connectivity index (χ2v) is 10.1. The van der Waals surface area contributed by atoms with Crippen molar-refractivity contribution >= 4 is 49.8 Å². The molecule has 10 heteroatoms. The third-order valence-corrected chi connectivity index (χ3v) is 6.69. The van der Waals surface area contributed by atoms with Gasteiger partial charge in [0, 0.05) is 30.0 Å². The van der Waals surface area contributed by atoms with Gasteiger partial charge in [0.2, 0.25) is 0 Å². The first kappa shape index (κ1) is 20.4. The molecule has 0 amide bonds. The quantitative estimate of drug-likeness (QED) is 0.445. The predicted molar refractivity (Wildman–Crippen MR) is 112 cm³/mol. The van der Waals surface area contributed by atoms with E-state index in [9.17, 15) is 23.3 Å². The number of nitro groups is 1. The summed E-state index contributed by atoms with van der Waals surface area (Å²) in [4.78, 5) is 22.7. The van der Waals surface area contributed by atoms with Gasteiger partial charge in [0.1, 0.15) is 16.4 Å². The zero-order chi connectivity index (χ0) is 21.8. The van der Waals surface area contributed by atoms with Gasteiger partial charge < -0.3 is 4.42 Å². The predicted octanol–water partition coefficient (Wildman–Crippen LogP) is 4.95. The molecular formula is C20H17ClN2O6S. The fourth-order valence-electron chi connectivity index (χ4n) is 3.68. The van der Waals surface area contributed by atoms with Crippen molar-refractivity contribution in [2.24, 2.45) is 5.41 Å². The van der Waals surface area contributed by atoms with E-state index in [0.717, 1.165) is 12.1 Å². The van der Waals surface area contributed by atoms with Crippen LogP contribution in [0.5, 0.6) is 0 Å². The highest BCUT2D eigenvalue weighted by Gasteiger charge is 2.35. The van der Waals surface area contributed by atoms with Crippen LogP contribution >= 0.6 is 11.6 Å². The highest BCUT2D eigenvalue weighted by Crippen LogP contribution is 2.40. The van der Waals surface area contributed by atoms with Crippen molar-refractivity contribution in [3.05, 3.63) is 62.9 Å². The molecular weight excluding hydrogens is 432 g/mol. The summed E-state index contributed by atoms with van der Waals surface area (Å²) in [5.74, 6) is 0.549. The number of anilines is 1. The van der Waals surface area contributed by atoms with Crippen LogP contribution in [-0.4, -0.2) is 19.1 Å². The molecule has 0 saturated carbocycles. The highest BCUT2D eigenvalue weighted by molar-refractivity contribution is 7.92. The Labute approximate surface area is 177 Å². The molecule has 1 N–H and O–H groups in total. The Kier molecular flexibility index (Phi) is 4.63. The van der Waals surface area contributed by atoms with Crippen molar-refractivity contribution in [3.63, 3.8) is 0 Å². The number of nitrogens with zero attached hydrogens (tertiary/aromatic N) is 1. The molecule has 0 atom stereocenters. The maximum Gasteiger partial charge on any atom is 0.289 e. The Bertz CT molecular complexity index is 1330. The number of halogens is 1. The van der Waals surface area contributed by atoms with Crippen LogP contribution in [0, 0.1) is 15.5 Å². The first-order valence-electron chi connectivity index (χ1n) is 9.02. The Hall–Kier alpha value is -2.91. The molecule has 0 aliphatic heterocycles. The molecule has 1 aliphatic rings. The first-order valence-corrected chi connectivity index (χ1v) is 10.9. The van der Waals surface area contributed by atoms with Crippen LogP contribution in [0.4, 0.5) is 11.4 Å². The number of nitro benzene ring substituents is 1. The van der Waals surface area contributed by atoms with Gasteiger partial charge in [-0.25, -0.2) is 8.42 Å². The molecule has 0 spiro atoms. The number of hydrogen-bond acceptors (Lipinski definition) is 6. The summed E-state index contributed by atoms with van der Waals surface area (Å²) in [7, 11) is -4.12. The Balaban J connectivity index is 1.73. The molecule has 0 bridgehead atoms. The molecule has 2 aromatic carbocycles. The number of carbonyl (C=O) groups excluding carboxylic acids is 1. The van der Waals surface area contributed by atoms with E-state index in [-0.39, 0.29) is 26.8 Å². The minimum atomic E-state index is -4.12. The van der Waals surface area contributed by atoms with Crippen LogP contribution in [0.3, 0.4) is 0 Å². The standard InChI is InChI=1S/C20H17ClN2O6S/c1-20(2)9-16(24)19-13-7-11(3-6-17(13)29-18(19)10-20)22-30(27,28)12-4-5-14(21)15(8-12)23(25)26/h3-8,22H,9-10H2,1-2H3. The third kappa shape index (κ3) is 3.54. The van der Waals surface area contributed by atoms with Gasteiger partial charge in [-0.2, -0.15) is 0 Å². The molecule has 1 heterocycles. The lowest BCUT2D eigenvalue weighted by molar-refractivity contribution is -0.384. The van der Waals surface area contributed by atoms with Crippen molar-refractivity contribution < 1.29 is 22.6 Å². The fraction of sp³-hybridized carbons (Fsp3) is 0.250. The summed E-state index contributed by atoms with van der Waals surface area (Å²) in [5.41, 5.74) is 0.475. The van der Waals surface area contributed by atoms with Gasteiger partial charge in [0.15, 0.2) is 5.78 Å². The lowest BCUT2D eigenvalue weighted by Crippen LogP contribution is -2.25. The number of sulfonamides is 1. The summed E-state index contributed by atoms with van der Waals surface area (Å²) >= 11 is 5.76. The van der Waals surface area contributed by atoms with Gasteiger partial charge in [-0.3, -0.25) is 19.6 Å². The topological polar surface area (TPSA) is 120 Å². The minimum absolute atomic E-state index is 0.0478. The lowest BCUT2D eigenvalue weighted by atomic mass is 9.76. The number of furan rings is 1. The number of nitrogens with one attached hydrogen (secondary N) is 1. The average Bonchev–Trinajstić information content (AvgIpc) is 2.97. The van der Waals surface area contributed by atoms with Crippen molar-refractivity contribution in [1.29, 1.82) is 0 Å². The van der Waals surface area contributed by atoms with E-state index in [2.05, 4.69) is 4.72 Å². The van der Waals surface area contributed by atoms with E-state index in [0.29, 0.717) is 35.1 Å². The summed E-state index contributed by atoms with van der Waals surface area (Å²) in [5, 5.41) is 11.4. The summed E-state index contributed by atoms with van der Waals surface area (Å²) < 4.78 is 33.7. The van der Waals surface area contributed by atoms with Crippen LogP contribution in [0.2, 0.25) is 5.02 Å². The number of rotatable bonds is 4. The number of Topliss-reactive ketones (excluding diaryl/α,β-unsaturated/α-hetero) is 1. The largest absolute Gasteiger partial charge is 0.460 e. The molecule has 1 aliphatic carbocycles. The molecule has 1 aromatic heterocycles. The molecule has 30 heavy (non-hydrogen) atoms. The summed E-state index contributed by atoms with van der Waals surface area (Å²) in [6, 6.07) is 7.88. The maximum atomic E-state index is 12.7. The normalized spacial score (nSPS) is 15.8. The monoisotopic (exact) mass is 448 g/mol. The van der Waals surface area contributed by atoms with Crippen LogP contribution in [0.25, 0.3) is 11.0 Å². The molecule has 156 valence electrons. The number of ketones is 1. The van der Waals surface area contributed by atoms with E-state index in [1.165, 1.54) is 18.2 Å². The molecule has 0 saturated heterocycles. The number of hydrogen-bond donors (Lipinski definition) is 1. The van der Waals surface area contributed by atoms with E-state index in [4.69, 9.17) is 16.0 Å². The Morgan fingerprint density at radius 3 is 2.60 bits per heavy atom. The van der Waals surface area contributed by atoms with Gasteiger partial charge in [-0.05, 0) is 35.7 Å². The second kappa shape index (κ2) is 6.82. The van der Waals surface area contributed by atoms with E-state index in [1.54, 1.807) is 6.07 Å². The van der Waals surface area contributed by atoms with E-state index >= 15 is 0 Å². The summed E-state index contributed by atoms with van der Waals surface area (Å²) in [6.45, 7) is 3.98. The Morgan fingerprint density at radius 1 is 1.17 bits per heavy atom. The van der Waals surface area contributed by atoms with E-state index < -0.39 is 20.6 Å². The average molecular weight is 449 g/mol. The van der Waals surface area contributed by atoms with Crippen LogP contribution in [0.1, 0.15) is 36.4 Å². The third-order valence-electron chi connectivity index (χ3n) is 4.99. The zero-order valence-electron chi connectivity index (χ0n) is 16.1. The summed E-state index contributed by atoms with van der Waals surface area (Å²) in [6.07, 6.45) is 0.983. The van der Waals surface area contributed by atoms with Crippen molar-refractivity contribution in [1.82, 2.24) is 0 Å². The minimum Gasteiger partial charge on any atom is -0.460 e. The van der Waals surface area contributed by atoms with Crippen LogP contribution in [-0.2, 0) is 16.4 Å². The molecule has 4 rings (SSSR count). The number of carbonyl (C=O) groups is 1. The maximum absolute atomic E-state index is 12.7.